The lowest BCUT2D eigenvalue weighted by atomic mass is 10.0. The van der Waals surface area contributed by atoms with E-state index in [-0.39, 0.29) is 22.7 Å². The van der Waals surface area contributed by atoms with Crippen molar-refractivity contribution in [2.24, 2.45) is 5.73 Å². The van der Waals surface area contributed by atoms with Crippen molar-refractivity contribution >= 4 is 42.9 Å². The van der Waals surface area contributed by atoms with E-state index in [1.807, 2.05) is 0 Å². The lowest BCUT2D eigenvalue weighted by molar-refractivity contribution is 0.100. The minimum Gasteiger partial charge on any atom is -0.508 e. The fraction of sp³-hybridized carbons (Fsp3) is 0.118. The Bertz CT molecular complexity index is 1050. The molecule has 27 heavy (non-hydrogen) atoms. The number of amides is 1. The van der Waals surface area contributed by atoms with Crippen LogP contribution < -0.4 is 17.0 Å². The van der Waals surface area contributed by atoms with Crippen molar-refractivity contribution < 1.29 is 9.90 Å². The molecule has 3 aromatic rings. The Morgan fingerprint density at radius 2 is 2.00 bits per heavy atom. The summed E-state index contributed by atoms with van der Waals surface area (Å²) in [4.78, 5) is 24.9. The summed E-state index contributed by atoms with van der Waals surface area (Å²) in [6, 6.07) is 4.59. The van der Waals surface area contributed by atoms with Crippen LogP contribution in [0.3, 0.4) is 0 Å². The van der Waals surface area contributed by atoms with Crippen molar-refractivity contribution in [2.75, 3.05) is 5.73 Å². The molecule has 0 spiro atoms. The van der Waals surface area contributed by atoms with Gasteiger partial charge in [0.15, 0.2) is 7.12 Å². The Morgan fingerprint density at radius 3 is 2.56 bits per heavy atom. The first-order valence-electron chi connectivity index (χ1n) is 7.63. The van der Waals surface area contributed by atoms with E-state index in [0.29, 0.717) is 16.8 Å². The highest BCUT2D eigenvalue weighted by molar-refractivity contribution is 8.03. The Kier molecular flexibility index (Phi) is 6.34. The van der Waals surface area contributed by atoms with Crippen LogP contribution in [0.1, 0.15) is 21.5 Å². The van der Waals surface area contributed by atoms with Crippen LogP contribution in [0.15, 0.2) is 34.6 Å². The number of hydrogen-bond donors (Lipinski definition) is 4. The molecule has 0 bridgehead atoms. The van der Waals surface area contributed by atoms with E-state index in [0.717, 1.165) is 5.56 Å². The number of carbonyl (C=O) groups is 1. The topological polar surface area (TPSA) is 124 Å². The first-order chi connectivity index (χ1) is 12.8. The predicted molar refractivity (Wildman–Crippen MR) is 112 cm³/mol. The summed E-state index contributed by atoms with van der Waals surface area (Å²) in [6.45, 7) is 3.46. The van der Waals surface area contributed by atoms with Crippen LogP contribution in [-0.4, -0.2) is 27.1 Å². The van der Waals surface area contributed by atoms with E-state index in [1.165, 1.54) is 34.4 Å². The van der Waals surface area contributed by atoms with Gasteiger partial charge in [-0.15, -0.1) is 0 Å². The number of phenolic OH excluding ortho intramolecular Hbond substituents is 1. The number of thiol groups is 1. The molecule has 0 aliphatic rings. The zero-order chi connectivity index (χ0) is 20.3. The number of benzene rings is 1. The molecule has 0 aliphatic carbocycles. The monoisotopic (exact) mass is 400 g/mol. The molecular formula is C17H17BN4O3S2. The van der Waals surface area contributed by atoms with Crippen LogP contribution >= 0.6 is 24.0 Å². The van der Waals surface area contributed by atoms with Gasteiger partial charge in [-0.2, -0.15) is 0 Å². The summed E-state index contributed by atoms with van der Waals surface area (Å²) in [6.07, 6.45) is 1.54. The molecule has 2 aromatic heterocycles. The van der Waals surface area contributed by atoms with Gasteiger partial charge < -0.3 is 16.6 Å². The summed E-state index contributed by atoms with van der Waals surface area (Å²) in [7, 11) is 4.19. The molecule has 2 heterocycles. The van der Waals surface area contributed by atoms with Crippen molar-refractivity contribution in [2.45, 2.75) is 13.8 Å². The predicted octanol–water partition coefficient (Wildman–Crippen LogP) is 1.96. The van der Waals surface area contributed by atoms with Crippen LogP contribution in [0.5, 0.6) is 5.75 Å². The van der Waals surface area contributed by atoms with Crippen LogP contribution in [-0.2, 0) is 0 Å². The van der Waals surface area contributed by atoms with Crippen LogP contribution in [0.2, 0.25) is 0 Å². The lowest BCUT2D eigenvalue weighted by Gasteiger charge is -2.19. The molecule has 3 rings (SSSR count). The smallest absolute Gasteiger partial charge is 0.264 e. The highest BCUT2D eigenvalue weighted by Gasteiger charge is 2.21. The maximum Gasteiger partial charge on any atom is 0.264 e. The average molecular weight is 400 g/mol. The summed E-state index contributed by atoms with van der Waals surface area (Å²) in [5.74, 6) is -0.789. The normalized spacial score (nSPS) is 10.2. The van der Waals surface area contributed by atoms with Crippen molar-refractivity contribution in [1.82, 2.24) is 8.94 Å². The molecule has 0 aliphatic heterocycles. The second kappa shape index (κ2) is 8.32. The molecule has 10 heteroatoms. The Morgan fingerprint density at radius 1 is 1.33 bits per heavy atom. The van der Waals surface area contributed by atoms with Crippen LogP contribution in [0.25, 0.3) is 16.8 Å². The van der Waals surface area contributed by atoms with Crippen LogP contribution in [0.4, 0.5) is 5.82 Å². The summed E-state index contributed by atoms with van der Waals surface area (Å²) in [5, 5.41) is 11.7. The number of aromatic nitrogens is 2. The molecule has 138 valence electrons. The molecule has 2 radical (unpaired) electrons. The van der Waals surface area contributed by atoms with Gasteiger partial charge in [0, 0.05) is 22.7 Å². The van der Waals surface area contributed by atoms with Gasteiger partial charge in [-0.25, -0.2) is 16.9 Å². The third-order valence-electron chi connectivity index (χ3n) is 4.08. The fourth-order valence-corrected chi connectivity index (χ4v) is 3.30. The van der Waals surface area contributed by atoms with Gasteiger partial charge in [-0.05, 0) is 43.1 Å². The molecule has 0 saturated carbocycles. The zero-order valence-corrected chi connectivity index (χ0v) is 16.3. The quantitative estimate of drug-likeness (QED) is 0.395. The maximum atomic E-state index is 13.1. The number of phenols is 1. The van der Waals surface area contributed by atoms with E-state index in [4.69, 9.17) is 11.5 Å². The van der Waals surface area contributed by atoms with Crippen LogP contribution in [0, 0.1) is 13.8 Å². The molecule has 1 aromatic carbocycles. The van der Waals surface area contributed by atoms with E-state index >= 15 is 0 Å². The van der Waals surface area contributed by atoms with E-state index < -0.39 is 11.5 Å². The zero-order valence-electron chi connectivity index (χ0n) is 14.6. The summed E-state index contributed by atoms with van der Waals surface area (Å²) < 4.78 is 5.21. The standard InChI is InChI=1S/C17H16N4O3S.BHS/c1-8-3-4-13(22)9(2)14(8)21-15(18)12(16(19)23)5-11(17(21)24)10-6-20-25-7-10;1-2/h3-7,22H,18H2,1-2H3,(H2,19,23);2H. The molecule has 1 amide bonds. The number of rotatable bonds is 3. The van der Waals surface area contributed by atoms with Gasteiger partial charge in [-0.3, -0.25) is 14.2 Å². The Balaban J connectivity index is 0.00000126. The van der Waals surface area contributed by atoms with Crippen molar-refractivity contribution in [3.05, 3.63) is 56.8 Å². The number of anilines is 1. The van der Waals surface area contributed by atoms with Gasteiger partial charge in [0.1, 0.15) is 11.6 Å². The minimum absolute atomic E-state index is 0.0233. The Hall–Kier alpha value is -2.72. The van der Waals surface area contributed by atoms with E-state index in [9.17, 15) is 14.7 Å². The molecule has 0 unspecified atom stereocenters. The number of nitrogens with two attached hydrogens (primary N) is 2. The molecular weight excluding hydrogens is 383 g/mol. The number of nitrogens with zero attached hydrogens (tertiary/aromatic N) is 2. The van der Waals surface area contributed by atoms with E-state index in [1.54, 1.807) is 25.3 Å². The number of pyridine rings is 1. The molecule has 0 saturated heterocycles. The fourth-order valence-electron chi connectivity index (χ4n) is 2.76. The van der Waals surface area contributed by atoms with Crippen molar-refractivity contribution in [1.29, 1.82) is 0 Å². The number of hydrogen-bond acceptors (Lipinski definition) is 7. The van der Waals surface area contributed by atoms with Gasteiger partial charge in [0.2, 0.25) is 0 Å². The molecule has 0 fully saturated rings. The maximum absolute atomic E-state index is 13.1. The van der Waals surface area contributed by atoms with Gasteiger partial charge >= 0.3 is 0 Å². The van der Waals surface area contributed by atoms with Crippen molar-refractivity contribution in [3.8, 4) is 22.6 Å². The summed E-state index contributed by atoms with van der Waals surface area (Å²) >= 11 is 4.21. The SMILES string of the molecule is Cc1ccc(O)c(C)c1-n1c(N)c(C(N)=O)cc(-c2cnsc2)c1=O.[B]S. The molecule has 7 nitrogen and oxygen atoms in total. The van der Waals surface area contributed by atoms with Gasteiger partial charge in [-0.1, -0.05) is 6.07 Å². The van der Waals surface area contributed by atoms with Gasteiger partial charge in [0.25, 0.3) is 11.5 Å². The van der Waals surface area contributed by atoms with Gasteiger partial charge in [0.05, 0.1) is 16.8 Å². The number of carbonyl (C=O) groups excluding carboxylic acids is 1. The lowest BCUT2D eigenvalue weighted by Crippen LogP contribution is -2.28. The number of nitrogen functional groups attached to an aromatic ring is 1. The second-order valence-electron chi connectivity index (χ2n) is 5.65. The van der Waals surface area contributed by atoms with Crippen molar-refractivity contribution in [3.63, 3.8) is 0 Å². The number of aromatic hydroxyl groups is 1. The highest BCUT2D eigenvalue weighted by atomic mass is 32.1. The minimum atomic E-state index is -0.744. The third kappa shape index (κ3) is 3.72. The molecule has 5 N–H and O–H groups in total. The number of primary amides is 1. The van der Waals surface area contributed by atoms with E-state index in [2.05, 4.69) is 24.0 Å². The first-order valence-corrected chi connectivity index (χ1v) is 8.98. The Labute approximate surface area is 166 Å². The largest absolute Gasteiger partial charge is 0.508 e. The molecule has 0 atom stereocenters. The third-order valence-corrected chi connectivity index (χ3v) is 4.66. The second-order valence-corrected chi connectivity index (χ2v) is 6.31. The average Bonchev–Trinajstić information content (AvgIpc) is 3.17. The first kappa shape index (κ1) is 20.6. The highest BCUT2D eigenvalue weighted by Crippen LogP contribution is 2.30. The number of aryl methyl sites for hydroxylation is 1. The summed E-state index contributed by atoms with van der Waals surface area (Å²) in [5.41, 5.74) is 13.6.